The van der Waals surface area contributed by atoms with Crippen LogP contribution in [-0.4, -0.2) is 37.5 Å². The van der Waals surface area contributed by atoms with Crippen molar-refractivity contribution in [3.8, 4) is 11.4 Å². The number of para-hydroxylation sites is 1. The summed E-state index contributed by atoms with van der Waals surface area (Å²) >= 11 is 3.10. The lowest BCUT2D eigenvalue weighted by atomic mass is 10.2. The Morgan fingerprint density at radius 2 is 1.86 bits per heavy atom. The molecule has 0 saturated heterocycles. The Labute approximate surface area is 176 Å². The highest BCUT2D eigenvalue weighted by molar-refractivity contribution is 8.01. The van der Waals surface area contributed by atoms with E-state index in [2.05, 4.69) is 38.0 Å². The molecule has 0 radical (unpaired) electrons. The molecule has 2 aromatic heterocycles. The molecular weight excluding hydrogens is 406 g/mol. The second-order valence-corrected chi connectivity index (χ2v) is 8.68. The summed E-state index contributed by atoms with van der Waals surface area (Å²) in [5, 5.41) is 24.8. The first-order valence-electron chi connectivity index (χ1n) is 8.93. The van der Waals surface area contributed by atoms with E-state index in [1.165, 1.54) is 11.3 Å². The SMILES string of the molecule is COc1ccc(CNc2nnc(S[C@H](C)c3nnnn3-c3ccccc3)s2)cc1. The number of rotatable bonds is 8. The van der Waals surface area contributed by atoms with Crippen LogP contribution in [0.2, 0.25) is 0 Å². The minimum absolute atomic E-state index is 0.0209. The summed E-state index contributed by atoms with van der Waals surface area (Å²) in [4.78, 5) is 0. The fraction of sp³-hybridized carbons (Fsp3) is 0.211. The zero-order chi connectivity index (χ0) is 20.1. The van der Waals surface area contributed by atoms with Gasteiger partial charge in [0.1, 0.15) is 5.75 Å². The zero-order valence-corrected chi connectivity index (χ0v) is 17.5. The molecule has 0 fully saturated rings. The normalized spacial score (nSPS) is 11.9. The maximum Gasteiger partial charge on any atom is 0.206 e. The van der Waals surface area contributed by atoms with E-state index in [0.717, 1.165) is 32.3 Å². The smallest absolute Gasteiger partial charge is 0.206 e. The Balaban J connectivity index is 1.38. The maximum absolute atomic E-state index is 5.18. The van der Waals surface area contributed by atoms with Crippen molar-refractivity contribution >= 4 is 28.2 Å². The van der Waals surface area contributed by atoms with E-state index in [-0.39, 0.29) is 5.25 Å². The molecular formula is C19H19N7OS2. The van der Waals surface area contributed by atoms with Gasteiger partial charge in [-0.05, 0) is 47.2 Å². The van der Waals surface area contributed by atoms with E-state index in [1.54, 1.807) is 23.6 Å². The first-order valence-corrected chi connectivity index (χ1v) is 10.6. The third-order valence-corrected chi connectivity index (χ3v) is 6.21. The van der Waals surface area contributed by atoms with Crippen LogP contribution in [0.1, 0.15) is 23.6 Å². The Morgan fingerprint density at radius 3 is 2.62 bits per heavy atom. The van der Waals surface area contributed by atoms with Crippen LogP contribution in [0.25, 0.3) is 5.69 Å². The van der Waals surface area contributed by atoms with Crippen molar-refractivity contribution in [2.45, 2.75) is 23.1 Å². The van der Waals surface area contributed by atoms with Crippen LogP contribution in [0, 0.1) is 0 Å². The lowest BCUT2D eigenvalue weighted by Gasteiger charge is -2.09. The molecule has 1 atom stereocenters. The van der Waals surface area contributed by atoms with Gasteiger partial charge in [-0.3, -0.25) is 0 Å². The number of ether oxygens (including phenoxy) is 1. The molecule has 29 heavy (non-hydrogen) atoms. The van der Waals surface area contributed by atoms with Gasteiger partial charge in [0, 0.05) is 6.54 Å². The molecule has 10 heteroatoms. The number of nitrogens with zero attached hydrogens (tertiary/aromatic N) is 6. The molecule has 0 bridgehead atoms. The molecule has 8 nitrogen and oxygen atoms in total. The van der Waals surface area contributed by atoms with Crippen LogP contribution in [0.5, 0.6) is 5.75 Å². The van der Waals surface area contributed by atoms with Crippen LogP contribution < -0.4 is 10.1 Å². The topological polar surface area (TPSA) is 90.6 Å². The number of nitrogens with one attached hydrogen (secondary N) is 1. The first kappa shape index (κ1) is 19.3. The number of anilines is 1. The number of aromatic nitrogens is 6. The van der Waals surface area contributed by atoms with Crippen LogP contribution in [0.4, 0.5) is 5.13 Å². The van der Waals surface area contributed by atoms with Crippen molar-refractivity contribution in [3.05, 3.63) is 66.0 Å². The first-order chi connectivity index (χ1) is 14.2. The second-order valence-electron chi connectivity index (χ2n) is 6.12. The quantitative estimate of drug-likeness (QED) is 0.424. The molecule has 0 aliphatic rings. The fourth-order valence-electron chi connectivity index (χ4n) is 2.65. The summed E-state index contributed by atoms with van der Waals surface area (Å²) in [6.45, 7) is 2.73. The summed E-state index contributed by atoms with van der Waals surface area (Å²) < 4.78 is 7.79. The maximum atomic E-state index is 5.18. The number of methoxy groups -OCH3 is 1. The van der Waals surface area contributed by atoms with Gasteiger partial charge in [-0.2, -0.15) is 4.68 Å². The molecule has 0 spiro atoms. The highest BCUT2D eigenvalue weighted by Gasteiger charge is 2.19. The largest absolute Gasteiger partial charge is 0.497 e. The zero-order valence-electron chi connectivity index (χ0n) is 15.9. The van der Waals surface area contributed by atoms with Gasteiger partial charge in [0.25, 0.3) is 0 Å². The van der Waals surface area contributed by atoms with Gasteiger partial charge in [0.2, 0.25) is 5.13 Å². The number of benzene rings is 2. The number of thioether (sulfide) groups is 1. The van der Waals surface area contributed by atoms with Gasteiger partial charge >= 0.3 is 0 Å². The highest BCUT2D eigenvalue weighted by atomic mass is 32.2. The van der Waals surface area contributed by atoms with E-state index in [1.807, 2.05) is 54.6 Å². The summed E-state index contributed by atoms with van der Waals surface area (Å²) in [6.07, 6.45) is 0. The van der Waals surface area contributed by atoms with Gasteiger partial charge in [0.05, 0.1) is 18.0 Å². The Bertz CT molecular complexity index is 1050. The molecule has 4 aromatic rings. The van der Waals surface area contributed by atoms with E-state index in [9.17, 15) is 0 Å². The summed E-state index contributed by atoms with van der Waals surface area (Å²) in [5.74, 6) is 1.61. The van der Waals surface area contributed by atoms with Crippen molar-refractivity contribution in [1.29, 1.82) is 0 Å². The average Bonchev–Trinajstić information content (AvgIpc) is 3.43. The minimum atomic E-state index is 0.0209. The minimum Gasteiger partial charge on any atom is -0.497 e. The van der Waals surface area contributed by atoms with E-state index < -0.39 is 0 Å². The predicted molar refractivity (Wildman–Crippen MR) is 114 cm³/mol. The molecule has 0 aliphatic heterocycles. The van der Waals surface area contributed by atoms with Crippen molar-refractivity contribution in [3.63, 3.8) is 0 Å². The summed E-state index contributed by atoms with van der Waals surface area (Å²) in [7, 11) is 1.66. The number of tetrazole rings is 1. The van der Waals surface area contributed by atoms with Crippen LogP contribution >= 0.6 is 23.1 Å². The summed E-state index contributed by atoms with van der Waals surface area (Å²) in [5.41, 5.74) is 2.07. The van der Waals surface area contributed by atoms with Crippen molar-refractivity contribution < 1.29 is 4.74 Å². The van der Waals surface area contributed by atoms with Crippen LogP contribution in [0.3, 0.4) is 0 Å². The third-order valence-electron chi connectivity index (χ3n) is 4.14. The molecule has 2 aromatic carbocycles. The van der Waals surface area contributed by atoms with Crippen molar-refractivity contribution in [2.24, 2.45) is 0 Å². The number of hydrogen-bond donors (Lipinski definition) is 1. The molecule has 4 rings (SSSR count). The predicted octanol–water partition coefficient (Wildman–Crippen LogP) is 3.99. The van der Waals surface area contributed by atoms with Crippen LogP contribution in [0.15, 0.2) is 58.9 Å². The fourth-order valence-corrected chi connectivity index (χ4v) is 4.63. The lowest BCUT2D eigenvalue weighted by Crippen LogP contribution is -2.04. The second kappa shape index (κ2) is 9.01. The Hall–Kier alpha value is -2.98. The number of hydrogen-bond acceptors (Lipinski definition) is 9. The van der Waals surface area contributed by atoms with Crippen molar-refractivity contribution in [2.75, 3.05) is 12.4 Å². The van der Waals surface area contributed by atoms with Gasteiger partial charge in [0.15, 0.2) is 10.2 Å². The monoisotopic (exact) mass is 425 g/mol. The average molecular weight is 426 g/mol. The van der Waals surface area contributed by atoms with E-state index >= 15 is 0 Å². The van der Waals surface area contributed by atoms with Gasteiger partial charge in [-0.15, -0.1) is 15.3 Å². The summed E-state index contributed by atoms with van der Waals surface area (Å²) in [6, 6.07) is 17.8. The molecule has 0 saturated carbocycles. The highest BCUT2D eigenvalue weighted by Crippen LogP contribution is 2.36. The van der Waals surface area contributed by atoms with Crippen molar-refractivity contribution in [1.82, 2.24) is 30.4 Å². The van der Waals surface area contributed by atoms with E-state index in [4.69, 9.17) is 4.74 Å². The molecule has 1 N–H and O–H groups in total. The van der Waals surface area contributed by atoms with Crippen LogP contribution in [-0.2, 0) is 6.54 Å². The molecule has 0 unspecified atom stereocenters. The molecule has 0 aliphatic carbocycles. The standard InChI is InChI=1S/C19H19N7OS2/c1-13(17-21-24-25-26(17)15-6-4-3-5-7-15)28-19-23-22-18(29-19)20-12-14-8-10-16(27-2)11-9-14/h3-11,13H,12H2,1-2H3,(H,20,22)/t13-/m1/s1. The van der Waals surface area contributed by atoms with Gasteiger partial charge in [-0.25, -0.2) is 0 Å². The van der Waals surface area contributed by atoms with Gasteiger partial charge in [-0.1, -0.05) is 53.4 Å². The molecule has 0 amide bonds. The Morgan fingerprint density at radius 1 is 1.07 bits per heavy atom. The third kappa shape index (κ3) is 4.72. The molecule has 148 valence electrons. The van der Waals surface area contributed by atoms with E-state index in [0.29, 0.717) is 6.54 Å². The Kier molecular flexibility index (Phi) is 6.01. The molecule has 2 heterocycles. The van der Waals surface area contributed by atoms with Gasteiger partial charge < -0.3 is 10.1 Å². The lowest BCUT2D eigenvalue weighted by molar-refractivity contribution is 0.414.